The molecule has 1 heterocycles. The van der Waals surface area contributed by atoms with Gasteiger partial charge in [-0.2, -0.15) is 0 Å². The van der Waals surface area contributed by atoms with Crippen molar-refractivity contribution < 1.29 is 13.5 Å². The minimum atomic E-state index is -0.735. The van der Waals surface area contributed by atoms with Crippen LogP contribution in [0.5, 0.6) is 11.5 Å². The maximum Gasteiger partial charge on any atom is 0.198 e. The molecule has 3 nitrogen and oxygen atoms in total. The SMILES string of the molecule is CCc1nc(C)ccc1Oc1c(F)cc(CCN)cc1F. The van der Waals surface area contributed by atoms with Crippen LogP contribution in [0.3, 0.4) is 0 Å². The van der Waals surface area contributed by atoms with Crippen molar-refractivity contribution in [3.05, 3.63) is 52.9 Å². The largest absolute Gasteiger partial charge is 0.449 e. The van der Waals surface area contributed by atoms with Crippen molar-refractivity contribution in [2.24, 2.45) is 5.73 Å². The molecule has 0 aliphatic carbocycles. The van der Waals surface area contributed by atoms with Crippen LogP contribution in [0.1, 0.15) is 23.9 Å². The smallest absolute Gasteiger partial charge is 0.198 e. The van der Waals surface area contributed by atoms with Crippen LogP contribution in [0.4, 0.5) is 8.78 Å². The lowest BCUT2D eigenvalue weighted by molar-refractivity contribution is 0.401. The van der Waals surface area contributed by atoms with Gasteiger partial charge < -0.3 is 10.5 Å². The quantitative estimate of drug-likeness (QED) is 0.917. The second kappa shape index (κ2) is 6.63. The highest BCUT2D eigenvalue weighted by Gasteiger charge is 2.15. The van der Waals surface area contributed by atoms with Gasteiger partial charge in [0.15, 0.2) is 17.4 Å². The molecule has 21 heavy (non-hydrogen) atoms. The standard InChI is InChI=1S/C16H18F2N2O/c1-3-14-15(5-4-10(2)20-14)21-16-12(17)8-11(6-7-19)9-13(16)18/h4-5,8-9H,3,6-7,19H2,1-2H3. The van der Waals surface area contributed by atoms with E-state index < -0.39 is 17.4 Å². The van der Waals surface area contributed by atoms with Crippen molar-refractivity contribution >= 4 is 0 Å². The molecule has 0 bridgehead atoms. The molecule has 0 aliphatic rings. The predicted molar refractivity (Wildman–Crippen MR) is 77.5 cm³/mol. The Morgan fingerprint density at radius 3 is 2.43 bits per heavy atom. The van der Waals surface area contributed by atoms with Gasteiger partial charge in [0.1, 0.15) is 5.75 Å². The number of aromatic nitrogens is 1. The molecule has 5 heteroatoms. The minimum Gasteiger partial charge on any atom is -0.449 e. The highest BCUT2D eigenvalue weighted by Crippen LogP contribution is 2.30. The molecule has 0 spiro atoms. The van der Waals surface area contributed by atoms with Crippen LogP contribution in [0.2, 0.25) is 0 Å². The number of benzene rings is 1. The predicted octanol–water partition coefficient (Wildman–Crippen LogP) is 3.52. The number of pyridine rings is 1. The summed E-state index contributed by atoms with van der Waals surface area (Å²) in [6.07, 6.45) is 1.03. The molecule has 0 unspecified atom stereocenters. The summed E-state index contributed by atoms with van der Waals surface area (Å²) in [5.74, 6) is -1.51. The molecule has 0 aliphatic heterocycles. The van der Waals surface area contributed by atoms with Crippen molar-refractivity contribution in [1.29, 1.82) is 0 Å². The first-order valence-corrected chi connectivity index (χ1v) is 6.87. The topological polar surface area (TPSA) is 48.1 Å². The van der Waals surface area contributed by atoms with Gasteiger partial charge in [0.25, 0.3) is 0 Å². The zero-order chi connectivity index (χ0) is 15.4. The lowest BCUT2D eigenvalue weighted by Gasteiger charge is -2.12. The Kier molecular flexibility index (Phi) is 4.85. The second-order valence-corrected chi connectivity index (χ2v) is 4.78. The van der Waals surface area contributed by atoms with Crippen LogP contribution in [0.25, 0.3) is 0 Å². The van der Waals surface area contributed by atoms with Crippen molar-refractivity contribution in [2.75, 3.05) is 6.54 Å². The maximum atomic E-state index is 14.0. The fraction of sp³-hybridized carbons (Fsp3) is 0.312. The number of nitrogens with zero attached hydrogens (tertiary/aromatic N) is 1. The third-order valence-corrected chi connectivity index (χ3v) is 3.11. The van der Waals surface area contributed by atoms with E-state index in [1.165, 1.54) is 12.1 Å². The van der Waals surface area contributed by atoms with Gasteiger partial charge in [-0.1, -0.05) is 6.92 Å². The van der Waals surface area contributed by atoms with Crippen molar-refractivity contribution in [3.63, 3.8) is 0 Å². The maximum absolute atomic E-state index is 14.0. The third kappa shape index (κ3) is 3.55. The summed E-state index contributed by atoms with van der Waals surface area (Å²) in [5, 5.41) is 0. The Morgan fingerprint density at radius 2 is 1.86 bits per heavy atom. The fourth-order valence-electron chi connectivity index (χ4n) is 2.07. The van der Waals surface area contributed by atoms with Gasteiger partial charge in [-0.3, -0.25) is 4.98 Å². The molecule has 0 atom stereocenters. The monoisotopic (exact) mass is 292 g/mol. The number of hydrogen-bond acceptors (Lipinski definition) is 3. The van der Waals surface area contributed by atoms with E-state index in [2.05, 4.69) is 4.98 Å². The van der Waals surface area contributed by atoms with Crippen molar-refractivity contribution in [1.82, 2.24) is 4.98 Å². The summed E-state index contributed by atoms with van der Waals surface area (Å²) in [4.78, 5) is 4.31. The van der Waals surface area contributed by atoms with Crippen LogP contribution >= 0.6 is 0 Å². The molecule has 0 saturated carbocycles. The summed E-state index contributed by atoms with van der Waals surface area (Å²) in [6, 6.07) is 5.91. The molecular weight excluding hydrogens is 274 g/mol. The highest BCUT2D eigenvalue weighted by atomic mass is 19.1. The molecule has 0 saturated heterocycles. The van der Waals surface area contributed by atoms with E-state index >= 15 is 0 Å². The number of nitrogens with two attached hydrogens (primary N) is 1. The van der Waals surface area contributed by atoms with E-state index in [-0.39, 0.29) is 0 Å². The zero-order valence-electron chi connectivity index (χ0n) is 12.1. The van der Waals surface area contributed by atoms with E-state index in [1.807, 2.05) is 13.8 Å². The van der Waals surface area contributed by atoms with Crippen LogP contribution in [0, 0.1) is 18.6 Å². The average Bonchev–Trinajstić information content (AvgIpc) is 2.44. The average molecular weight is 292 g/mol. The van der Waals surface area contributed by atoms with E-state index in [9.17, 15) is 8.78 Å². The summed E-state index contributed by atoms with van der Waals surface area (Å²) in [5.41, 5.74) is 7.40. The van der Waals surface area contributed by atoms with E-state index in [4.69, 9.17) is 10.5 Å². The van der Waals surface area contributed by atoms with Gasteiger partial charge in [0.2, 0.25) is 0 Å². The second-order valence-electron chi connectivity index (χ2n) is 4.78. The molecule has 0 radical (unpaired) electrons. The molecule has 2 aromatic rings. The van der Waals surface area contributed by atoms with Crippen LogP contribution in [-0.2, 0) is 12.8 Å². The Balaban J connectivity index is 2.36. The van der Waals surface area contributed by atoms with Gasteiger partial charge in [-0.15, -0.1) is 0 Å². The van der Waals surface area contributed by atoms with Crippen molar-refractivity contribution in [3.8, 4) is 11.5 Å². The summed E-state index contributed by atoms with van der Waals surface area (Å²) in [7, 11) is 0. The lowest BCUT2D eigenvalue weighted by atomic mass is 10.1. The zero-order valence-corrected chi connectivity index (χ0v) is 12.1. The lowest BCUT2D eigenvalue weighted by Crippen LogP contribution is -2.05. The molecule has 1 aromatic heterocycles. The molecular formula is C16H18F2N2O. The van der Waals surface area contributed by atoms with Crippen LogP contribution in [-0.4, -0.2) is 11.5 Å². The van der Waals surface area contributed by atoms with Crippen LogP contribution < -0.4 is 10.5 Å². The van der Waals surface area contributed by atoms with Gasteiger partial charge >= 0.3 is 0 Å². The number of aryl methyl sites for hydroxylation is 2. The Bertz CT molecular complexity index is 621. The number of hydrogen-bond donors (Lipinski definition) is 1. The molecule has 2 N–H and O–H groups in total. The third-order valence-electron chi connectivity index (χ3n) is 3.11. The first-order chi connectivity index (χ1) is 10.0. The van der Waals surface area contributed by atoms with Gasteiger partial charge in [0, 0.05) is 5.69 Å². The molecule has 112 valence electrons. The first-order valence-electron chi connectivity index (χ1n) is 6.87. The van der Waals surface area contributed by atoms with Gasteiger partial charge in [-0.05, 0) is 56.1 Å². The van der Waals surface area contributed by atoms with Crippen LogP contribution in [0.15, 0.2) is 24.3 Å². The Hall–Kier alpha value is -2.01. The van der Waals surface area contributed by atoms with Crippen molar-refractivity contribution in [2.45, 2.75) is 26.7 Å². The Morgan fingerprint density at radius 1 is 1.19 bits per heavy atom. The number of ether oxygens (including phenoxy) is 1. The number of rotatable bonds is 5. The molecule has 0 amide bonds. The molecule has 1 aromatic carbocycles. The molecule has 2 rings (SSSR count). The fourth-order valence-corrected chi connectivity index (χ4v) is 2.07. The number of halogens is 2. The van der Waals surface area contributed by atoms with Gasteiger partial charge in [0.05, 0.1) is 5.69 Å². The normalized spacial score (nSPS) is 10.7. The first kappa shape index (κ1) is 15.4. The van der Waals surface area contributed by atoms with E-state index in [0.717, 1.165) is 5.69 Å². The highest BCUT2D eigenvalue weighted by molar-refractivity contribution is 5.38. The minimum absolute atomic E-state index is 0.334. The molecule has 0 fully saturated rings. The summed E-state index contributed by atoms with van der Waals surface area (Å²) < 4.78 is 33.4. The summed E-state index contributed by atoms with van der Waals surface area (Å²) in [6.45, 7) is 4.10. The van der Waals surface area contributed by atoms with E-state index in [1.54, 1.807) is 12.1 Å². The summed E-state index contributed by atoms with van der Waals surface area (Å²) >= 11 is 0. The van der Waals surface area contributed by atoms with Gasteiger partial charge in [-0.25, -0.2) is 8.78 Å². The Labute approximate surface area is 122 Å². The van der Waals surface area contributed by atoms with E-state index in [0.29, 0.717) is 36.4 Å².